The van der Waals surface area contributed by atoms with Crippen LogP contribution in [0.5, 0.6) is 11.5 Å². The van der Waals surface area contributed by atoms with E-state index in [1.807, 2.05) is 256 Å². The van der Waals surface area contributed by atoms with Gasteiger partial charge in [0.25, 0.3) is 0 Å². The Labute approximate surface area is 856 Å². The molecule has 136 heavy (non-hydrogen) atoms. The van der Waals surface area contributed by atoms with Crippen LogP contribution in [0.15, 0.2) is 48.5 Å². The van der Waals surface area contributed by atoms with E-state index in [0.717, 1.165) is 204 Å². The minimum absolute atomic E-state index is 0.500. The molecule has 0 aromatic heterocycles. The molecule has 2 aromatic rings. The summed E-state index contributed by atoms with van der Waals surface area (Å²) >= 11 is 3.91. The third-order valence-corrected chi connectivity index (χ3v) is 22.9. The van der Waals surface area contributed by atoms with Gasteiger partial charge in [0.1, 0.15) is 20.0 Å². The molecule has 0 spiro atoms. The van der Waals surface area contributed by atoms with Crippen LogP contribution in [0, 0.1) is 29.6 Å². The van der Waals surface area contributed by atoms with Gasteiger partial charge in [-0.1, -0.05) is 276 Å². The maximum absolute atomic E-state index is 10.1. The van der Waals surface area contributed by atoms with Crippen molar-refractivity contribution < 1.29 is 47.4 Å². The third kappa shape index (κ3) is 98.9. The number of thioether (sulfide) groups is 2. The van der Waals surface area contributed by atoms with Gasteiger partial charge in [0, 0.05) is 161 Å². The van der Waals surface area contributed by atoms with E-state index in [1.165, 1.54) is 235 Å². The molecular weight excluding hydrogens is 1740 g/mol. The molecule has 17 fully saturated rings. The van der Waals surface area contributed by atoms with Gasteiger partial charge in [-0.2, -0.15) is 11.8 Å². The number of fused-ring (bicyclic) bond motifs is 9. The summed E-state index contributed by atoms with van der Waals surface area (Å²) in [4.78, 5) is 11.8. The predicted molar refractivity (Wildman–Crippen MR) is 608 cm³/mol. The second kappa shape index (κ2) is 139. The number of morpholine rings is 1. The van der Waals surface area contributed by atoms with Crippen LogP contribution < -0.4 is 68.0 Å². The Morgan fingerprint density at radius 1 is 0.301 bits per heavy atom. The van der Waals surface area contributed by atoms with Crippen molar-refractivity contribution in [3.8, 4) is 11.5 Å². The molecule has 1 amide bonds. The van der Waals surface area contributed by atoms with Crippen LogP contribution >= 0.6 is 23.5 Å². The molecule has 17 aliphatic heterocycles. The largest absolute Gasteiger partial charge is 0.486 e. The maximum atomic E-state index is 10.1. The summed E-state index contributed by atoms with van der Waals surface area (Å²) in [7, 11) is 0. The Kier molecular flexibility index (Phi) is 154. The Morgan fingerprint density at radius 2 is 0.684 bits per heavy atom. The molecule has 0 radical (unpaired) electrons. The summed E-state index contributed by atoms with van der Waals surface area (Å²) in [6.07, 6.45) is 31.8. The number of para-hydroxylation sites is 2. The van der Waals surface area contributed by atoms with Crippen LogP contribution in [0.25, 0.3) is 0 Å². The van der Waals surface area contributed by atoms with Gasteiger partial charge in [-0.25, -0.2) is 0 Å². The van der Waals surface area contributed by atoms with Gasteiger partial charge in [0.05, 0.1) is 44.6 Å². The first-order valence-electron chi connectivity index (χ1n) is 57.4. The fourth-order valence-electron chi connectivity index (χ4n) is 14.4. The lowest BCUT2D eigenvalue weighted by Crippen LogP contribution is -2.42. The number of hydrogen-bond acceptors (Lipinski definition) is 23. The van der Waals surface area contributed by atoms with Gasteiger partial charge in [0.15, 0.2) is 11.5 Å². The van der Waals surface area contributed by atoms with Crippen LogP contribution in [0.4, 0.5) is 0 Å². The number of hydrogen-bond donors (Lipinski definition) is 11. The zero-order chi connectivity index (χ0) is 104. The van der Waals surface area contributed by atoms with E-state index in [1.54, 1.807) is 4.90 Å². The van der Waals surface area contributed by atoms with E-state index in [0.29, 0.717) is 32.2 Å². The first-order chi connectivity index (χ1) is 67.7. The van der Waals surface area contributed by atoms with Crippen LogP contribution in [0.2, 0.25) is 0 Å². The molecule has 21 rings (SSSR count). The molecule has 820 valence electrons. The third-order valence-electron chi connectivity index (χ3n) is 21.0. The lowest BCUT2D eigenvalue weighted by Gasteiger charge is -2.22. The van der Waals surface area contributed by atoms with Gasteiger partial charge in [-0.05, 0) is 208 Å². The lowest BCUT2D eigenvalue weighted by atomic mass is 9.82. The molecule has 15 saturated heterocycles. The van der Waals surface area contributed by atoms with E-state index in [-0.39, 0.29) is 0 Å². The molecule has 2 saturated carbocycles. The highest BCUT2D eigenvalue weighted by molar-refractivity contribution is 7.99. The molecule has 19 aliphatic rings. The number of piperazine rings is 2. The van der Waals surface area contributed by atoms with E-state index in [9.17, 15) is 4.79 Å². The highest BCUT2D eigenvalue weighted by Gasteiger charge is 2.50. The molecule has 8 unspecified atom stereocenters. The van der Waals surface area contributed by atoms with Crippen molar-refractivity contribution in [3.63, 3.8) is 0 Å². The zero-order valence-corrected chi connectivity index (χ0v) is 97.4. The molecular formula is C112H240N12O10S2. The molecule has 2 bridgehead atoms. The Balaban J connectivity index is -0.000000178. The van der Waals surface area contributed by atoms with E-state index in [2.05, 4.69) is 82.8 Å². The van der Waals surface area contributed by atoms with Crippen molar-refractivity contribution in [2.45, 2.75) is 374 Å². The van der Waals surface area contributed by atoms with Crippen molar-refractivity contribution in [1.82, 2.24) is 63.4 Å². The minimum atomic E-state index is 0.500. The van der Waals surface area contributed by atoms with Crippen LogP contribution in [0.3, 0.4) is 0 Å². The second-order valence-electron chi connectivity index (χ2n) is 29.7. The summed E-state index contributed by atoms with van der Waals surface area (Å²) in [5.41, 5.74) is 2.98. The van der Waals surface area contributed by atoms with Gasteiger partial charge >= 0.3 is 0 Å². The highest BCUT2D eigenvalue weighted by atomic mass is 32.2. The predicted octanol–water partition coefficient (Wildman–Crippen LogP) is 23.5. The number of amides is 1. The Bertz CT molecular complexity index is 1930. The number of carbonyl (C=O) groups is 1. The fraction of sp³-hybridized carbons (Fsp3) is 0.884. The van der Waals surface area contributed by atoms with Crippen molar-refractivity contribution in [2.24, 2.45) is 29.6 Å². The summed E-state index contributed by atoms with van der Waals surface area (Å²) in [5.74, 6) is 11.6. The van der Waals surface area contributed by atoms with E-state index in [4.69, 9.17) is 42.6 Å². The van der Waals surface area contributed by atoms with E-state index >= 15 is 0 Å². The van der Waals surface area contributed by atoms with Crippen LogP contribution in [-0.2, 0) is 50.9 Å². The molecule has 22 nitrogen and oxygen atoms in total. The monoisotopic (exact) mass is 1980 g/mol. The van der Waals surface area contributed by atoms with Gasteiger partial charge in [-0.3, -0.25) is 4.79 Å². The highest BCUT2D eigenvalue weighted by Crippen LogP contribution is 2.45. The lowest BCUT2D eigenvalue weighted by molar-refractivity contribution is -0.118. The molecule has 11 N–H and O–H groups in total. The van der Waals surface area contributed by atoms with Crippen LogP contribution in [0.1, 0.15) is 354 Å². The quantitative estimate of drug-likeness (QED) is 0.119. The average molecular weight is 1980 g/mol. The molecule has 2 aliphatic carbocycles. The molecule has 2 aromatic carbocycles. The topological polar surface area (TPSA) is 236 Å². The first kappa shape index (κ1) is 151. The number of carbonyl (C=O) groups excluding carboxylic acids is 1. The number of benzene rings is 2. The summed E-state index contributed by atoms with van der Waals surface area (Å²) in [5, 5.41) is 36.1. The second-order valence-corrected chi connectivity index (χ2v) is 32.0. The summed E-state index contributed by atoms with van der Waals surface area (Å²) in [6, 6.07) is 17.3. The zero-order valence-electron chi connectivity index (χ0n) is 95.8. The Hall–Kier alpha value is -2.51. The molecule has 24 heteroatoms. The van der Waals surface area contributed by atoms with Gasteiger partial charge in [0.2, 0.25) is 6.41 Å². The van der Waals surface area contributed by atoms with Gasteiger partial charge in [-0.15, -0.1) is 11.8 Å². The SMILES string of the molecule is C1CC2CC2N1.C1CC2OC1C1CNCC21.C1CCCNCC1.C1CCCOCC1.C1CCNCC1.C1CCOCC1.C1CNCCN1.C1COCCN1.C1COCOC1.C1COCSC1.C1CSCCN1.C1NCC2CC12.CC.CC.CC.CC.CC.CC.CC.CC.CC.CC.CC.CC.CC.CC.CC.O=CN1CCNCC1.c1ccc2c(c1)CCNC2.c1ccc2c(c1)OCCO2. The smallest absolute Gasteiger partial charge is 0.209 e. The minimum Gasteiger partial charge on any atom is -0.486 e. The number of nitrogens with zero attached hydrogens (tertiary/aromatic N) is 1. The first-order valence-corrected chi connectivity index (χ1v) is 59.7. The molecule has 17 heterocycles. The van der Waals surface area contributed by atoms with Crippen molar-refractivity contribution >= 4 is 29.9 Å². The normalized spacial score (nSPS) is 22.9. The number of piperidine rings is 3. The standard InChI is InChI=1S/C9H11N.C8H13NO.C8H8O2.C6H13N.C6H12O.C5H10N2O.2C5H9N.C5H11N.C5H10O.C4H10N2.C4H9NO.C4H9NS.C4H8O2.C4H8OS.15C2H6/c1-2-4-9-7-10-6-5-8(9)3-1;1-2-8-6-4-9-3-5(6)7(1)10-8;1-2-4-8-7(3-1)9-5-6-10-8;2*1-2-4-6-7-5-3-1;8-5-7-3-1-6-2-4-7;1-4-2-6-3-5(1)4;1-2-6-5-3-4(1)5;2*1-2-4-6-5-3-1;1-2-6-4-3-5-1;2*1-3-6-4-2-5-1;2*1-2-5-4-6-3-1;15*1-2/h1-4,10H,5-7H2;5-9H,1-4H2;1-4H,5-6H2;7H,1-6H2;1-6H2;5-6H,1-4H2;2*4-6H,1-3H2;6H,1-5H2;1-5H2;5-6H,1-4H2;2*5H,1-4H2;2*1-4H2;15*1-2H3. The van der Waals surface area contributed by atoms with Gasteiger partial charge < -0.3 is 106 Å². The fourth-order valence-corrected chi connectivity index (χ4v) is 15.9. The molecule has 8 atom stereocenters. The van der Waals surface area contributed by atoms with Crippen molar-refractivity contribution in [2.75, 3.05) is 247 Å². The maximum Gasteiger partial charge on any atom is 0.209 e. The van der Waals surface area contributed by atoms with Crippen molar-refractivity contribution in [3.05, 3.63) is 59.7 Å². The Morgan fingerprint density at radius 3 is 0.956 bits per heavy atom. The number of rotatable bonds is 1. The average Bonchev–Trinajstić information content (AvgIpc) is 1.62. The summed E-state index contributed by atoms with van der Waals surface area (Å²) < 4.78 is 46.4. The number of ether oxygens (including phenoxy) is 9. The van der Waals surface area contributed by atoms with Crippen LogP contribution in [-0.4, -0.2) is 276 Å². The number of nitrogens with one attached hydrogen (secondary N) is 11. The van der Waals surface area contributed by atoms with Crippen molar-refractivity contribution in [1.29, 1.82) is 0 Å². The van der Waals surface area contributed by atoms with E-state index < -0.39 is 0 Å². The summed E-state index contributed by atoms with van der Waals surface area (Å²) in [6.45, 7) is 96.5.